The van der Waals surface area contributed by atoms with Crippen molar-refractivity contribution in [3.05, 3.63) is 59.5 Å². The van der Waals surface area contributed by atoms with Gasteiger partial charge in [0.05, 0.1) is 7.11 Å². The van der Waals surface area contributed by atoms with E-state index in [1.807, 2.05) is 24.4 Å². The maximum absolute atomic E-state index is 13.7. The van der Waals surface area contributed by atoms with Crippen LogP contribution in [0.25, 0.3) is 10.9 Å². The summed E-state index contributed by atoms with van der Waals surface area (Å²) < 4.78 is 25.3. The molecule has 3 aromatic rings. The van der Waals surface area contributed by atoms with Gasteiger partial charge < -0.3 is 14.5 Å². The number of halogens is 1. The molecular formula is C23H27FN2O2. The molecule has 5 heteroatoms. The Morgan fingerprint density at radius 2 is 2.14 bits per heavy atom. The van der Waals surface area contributed by atoms with Gasteiger partial charge in [-0.15, -0.1) is 0 Å². The number of hydrogen-bond donors (Lipinski definition) is 1. The Balaban J connectivity index is 1.50. The largest absolute Gasteiger partial charge is 0.496 e. The van der Waals surface area contributed by atoms with Crippen molar-refractivity contribution >= 4 is 10.9 Å². The number of aromatic amines is 1. The zero-order valence-electron chi connectivity index (χ0n) is 16.5. The number of methoxy groups -OCH3 is 1. The molecule has 4 nitrogen and oxygen atoms in total. The predicted molar refractivity (Wildman–Crippen MR) is 110 cm³/mol. The number of hydrogen-bond acceptors (Lipinski definition) is 3. The summed E-state index contributed by atoms with van der Waals surface area (Å²) in [5.41, 5.74) is 3.29. The quantitative estimate of drug-likeness (QED) is 0.650. The predicted octanol–water partition coefficient (Wildman–Crippen LogP) is 4.57. The summed E-state index contributed by atoms with van der Waals surface area (Å²) in [6.07, 6.45) is 4.88. The van der Waals surface area contributed by atoms with Gasteiger partial charge in [0.15, 0.2) is 0 Å². The SMILES string of the molecule is CCCN(CCc1c[nH]c2ccc(F)cc12)C1COc2cccc(OC)c2C1. The Morgan fingerprint density at radius 1 is 1.25 bits per heavy atom. The van der Waals surface area contributed by atoms with Crippen molar-refractivity contribution in [2.75, 3.05) is 26.8 Å². The van der Waals surface area contributed by atoms with Gasteiger partial charge in [0, 0.05) is 35.2 Å². The third kappa shape index (κ3) is 3.72. The molecule has 1 aliphatic rings. The van der Waals surface area contributed by atoms with Gasteiger partial charge >= 0.3 is 0 Å². The smallest absolute Gasteiger partial charge is 0.126 e. The molecule has 1 unspecified atom stereocenters. The molecule has 148 valence electrons. The molecule has 0 saturated heterocycles. The minimum atomic E-state index is -0.192. The molecule has 0 amide bonds. The van der Waals surface area contributed by atoms with Gasteiger partial charge in [-0.25, -0.2) is 4.39 Å². The second kappa shape index (κ2) is 8.23. The number of nitrogens with one attached hydrogen (secondary N) is 1. The van der Waals surface area contributed by atoms with Crippen LogP contribution in [0.2, 0.25) is 0 Å². The third-order valence-corrected chi connectivity index (χ3v) is 5.61. The van der Waals surface area contributed by atoms with Gasteiger partial charge in [-0.2, -0.15) is 0 Å². The molecule has 1 aromatic heterocycles. The van der Waals surface area contributed by atoms with Crippen LogP contribution in [0.15, 0.2) is 42.6 Å². The van der Waals surface area contributed by atoms with E-state index in [1.165, 1.54) is 6.07 Å². The van der Waals surface area contributed by atoms with E-state index in [1.54, 1.807) is 19.2 Å². The Morgan fingerprint density at radius 3 is 2.96 bits per heavy atom. The van der Waals surface area contributed by atoms with Gasteiger partial charge in [-0.1, -0.05) is 13.0 Å². The van der Waals surface area contributed by atoms with Crippen molar-refractivity contribution < 1.29 is 13.9 Å². The Kier molecular flexibility index (Phi) is 5.53. The van der Waals surface area contributed by atoms with Crippen molar-refractivity contribution in [1.82, 2.24) is 9.88 Å². The summed E-state index contributed by atoms with van der Waals surface area (Å²) in [5, 5.41) is 0.975. The Hall–Kier alpha value is -2.53. The highest BCUT2D eigenvalue weighted by atomic mass is 19.1. The van der Waals surface area contributed by atoms with Gasteiger partial charge in [-0.3, -0.25) is 4.90 Å². The molecule has 2 heterocycles. The van der Waals surface area contributed by atoms with Crippen LogP contribution in [0.5, 0.6) is 11.5 Å². The van der Waals surface area contributed by atoms with Crippen molar-refractivity contribution in [2.24, 2.45) is 0 Å². The fourth-order valence-electron chi connectivity index (χ4n) is 4.17. The van der Waals surface area contributed by atoms with E-state index >= 15 is 0 Å². The van der Waals surface area contributed by atoms with Gasteiger partial charge in [0.1, 0.15) is 23.9 Å². The highest BCUT2D eigenvalue weighted by Crippen LogP contribution is 2.34. The average molecular weight is 382 g/mol. The number of benzene rings is 2. The molecule has 4 rings (SSSR count). The lowest BCUT2D eigenvalue weighted by atomic mass is 9.99. The first kappa shape index (κ1) is 18.8. The molecule has 0 aliphatic carbocycles. The van der Waals surface area contributed by atoms with Crippen LogP contribution in [-0.2, 0) is 12.8 Å². The van der Waals surface area contributed by atoms with Crippen LogP contribution in [0, 0.1) is 5.82 Å². The van der Waals surface area contributed by atoms with E-state index in [-0.39, 0.29) is 5.82 Å². The Labute approximate surface area is 165 Å². The monoisotopic (exact) mass is 382 g/mol. The summed E-state index contributed by atoms with van der Waals surface area (Å²) in [6, 6.07) is 11.2. The maximum Gasteiger partial charge on any atom is 0.126 e. The van der Waals surface area contributed by atoms with Crippen LogP contribution in [-0.4, -0.2) is 42.7 Å². The molecular weight excluding hydrogens is 355 g/mol. The highest BCUT2D eigenvalue weighted by Gasteiger charge is 2.27. The minimum Gasteiger partial charge on any atom is -0.496 e. The van der Waals surface area contributed by atoms with Gasteiger partial charge in [-0.05, 0) is 61.7 Å². The number of fused-ring (bicyclic) bond motifs is 2. The van der Waals surface area contributed by atoms with Crippen LogP contribution < -0.4 is 9.47 Å². The number of ether oxygens (including phenoxy) is 2. The molecule has 1 N–H and O–H groups in total. The molecule has 0 fully saturated rings. The van der Waals surface area contributed by atoms with E-state index in [0.29, 0.717) is 12.6 Å². The maximum atomic E-state index is 13.7. The average Bonchev–Trinajstić information content (AvgIpc) is 3.12. The van der Waals surface area contributed by atoms with Crippen LogP contribution in [0.3, 0.4) is 0 Å². The molecule has 0 radical (unpaired) electrons. The standard InChI is InChI=1S/C23H27FN2O2/c1-3-10-26(11-9-16-14-25-21-8-7-17(24)12-19(16)21)18-13-20-22(27-2)5-4-6-23(20)28-15-18/h4-8,12,14,18,25H,3,9-11,13,15H2,1-2H3. The lowest BCUT2D eigenvalue weighted by molar-refractivity contribution is 0.119. The fourth-order valence-corrected chi connectivity index (χ4v) is 4.17. The van der Waals surface area contributed by atoms with Gasteiger partial charge in [0.2, 0.25) is 0 Å². The molecule has 0 spiro atoms. The van der Waals surface area contributed by atoms with E-state index in [4.69, 9.17) is 9.47 Å². The van der Waals surface area contributed by atoms with Crippen molar-refractivity contribution in [1.29, 1.82) is 0 Å². The Bertz CT molecular complexity index is 939. The van der Waals surface area contributed by atoms with E-state index in [0.717, 1.165) is 65.9 Å². The van der Waals surface area contributed by atoms with E-state index < -0.39 is 0 Å². The molecule has 2 aromatic carbocycles. The molecule has 1 aliphatic heterocycles. The summed E-state index contributed by atoms with van der Waals surface area (Å²) in [4.78, 5) is 5.75. The second-order valence-electron chi connectivity index (χ2n) is 7.40. The zero-order chi connectivity index (χ0) is 19.5. The first-order chi connectivity index (χ1) is 13.7. The first-order valence-electron chi connectivity index (χ1n) is 9.97. The fraction of sp³-hybridized carbons (Fsp3) is 0.391. The second-order valence-corrected chi connectivity index (χ2v) is 7.40. The summed E-state index contributed by atoms with van der Waals surface area (Å²) in [5.74, 6) is 1.63. The number of rotatable bonds is 7. The van der Waals surface area contributed by atoms with Gasteiger partial charge in [0.25, 0.3) is 0 Å². The molecule has 0 saturated carbocycles. The zero-order valence-corrected chi connectivity index (χ0v) is 16.5. The molecule has 0 bridgehead atoms. The summed E-state index contributed by atoms with van der Waals surface area (Å²) in [6.45, 7) is 4.81. The first-order valence-corrected chi connectivity index (χ1v) is 9.97. The molecule has 28 heavy (non-hydrogen) atoms. The van der Waals surface area contributed by atoms with Crippen molar-refractivity contribution in [3.63, 3.8) is 0 Å². The number of aromatic nitrogens is 1. The minimum absolute atomic E-state index is 0.192. The third-order valence-electron chi connectivity index (χ3n) is 5.61. The summed E-state index contributed by atoms with van der Waals surface area (Å²) in [7, 11) is 1.71. The van der Waals surface area contributed by atoms with Crippen LogP contribution in [0.1, 0.15) is 24.5 Å². The van der Waals surface area contributed by atoms with E-state index in [2.05, 4.69) is 16.8 Å². The van der Waals surface area contributed by atoms with E-state index in [9.17, 15) is 4.39 Å². The summed E-state index contributed by atoms with van der Waals surface area (Å²) >= 11 is 0. The number of nitrogens with zero attached hydrogens (tertiary/aromatic N) is 1. The van der Waals surface area contributed by atoms with Crippen molar-refractivity contribution in [2.45, 2.75) is 32.2 Å². The molecule has 1 atom stereocenters. The van der Waals surface area contributed by atoms with Crippen LogP contribution in [0.4, 0.5) is 4.39 Å². The van der Waals surface area contributed by atoms with Crippen LogP contribution >= 0.6 is 0 Å². The van der Waals surface area contributed by atoms with Crippen molar-refractivity contribution in [3.8, 4) is 11.5 Å². The topological polar surface area (TPSA) is 37.5 Å². The lowest BCUT2D eigenvalue weighted by Crippen LogP contribution is -2.44. The lowest BCUT2D eigenvalue weighted by Gasteiger charge is -2.35. The normalized spacial score (nSPS) is 16.2. The number of H-pyrrole nitrogens is 1. The highest BCUT2D eigenvalue weighted by molar-refractivity contribution is 5.83.